The van der Waals surface area contributed by atoms with Crippen molar-refractivity contribution in [2.45, 2.75) is 182 Å². The molecule has 2 heteroatoms. The Labute approximate surface area is 251 Å². The van der Waals surface area contributed by atoms with Gasteiger partial charge in [-0.3, -0.25) is 0 Å². The van der Waals surface area contributed by atoms with Crippen molar-refractivity contribution in [3.8, 4) is 11.5 Å². The molecule has 0 aromatic heterocycles. The molecule has 2 nitrogen and oxygen atoms in total. The first-order chi connectivity index (χ1) is 19.7. The van der Waals surface area contributed by atoms with Gasteiger partial charge in [-0.1, -0.05) is 156 Å². The van der Waals surface area contributed by atoms with Gasteiger partial charge in [0.15, 0.2) is 0 Å². The number of hydrogen-bond acceptors (Lipinski definition) is 2. The van der Waals surface area contributed by atoms with Crippen molar-refractivity contribution in [2.24, 2.45) is 11.8 Å². The molecule has 0 fully saturated rings. The first kappa shape index (κ1) is 36.8. The van der Waals surface area contributed by atoms with E-state index in [9.17, 15) is 0 Å². The van der Waals surface area contributed by atoms with Gasteiger partial charge in [-0.05, 0) is 61.8 Å². The van der Waals surface area contributed by atoms with Crippen LogP contribution in [0.4, 0.5) is 0 Å². The highest BCUT2D eigenvalue weighted by molar-refractivity contribution is 5.31. The first-order valence-corrected chi connectivity index (χ1v) is 18.1. The molecule has 1 aromatic rings. The second-order valence-corrected chi connectivity index (χ2v) is 12.6. The molecule has 2 atom stereocenters. The molecule has 1 aromatic carbocycles. The molecule has 1 rings (SSSR count). The van der Waals surface area contributed by atoms with Gasteiger partial charge in [-0.2, -0.15) is 0 Å². The maximum Gasteiger partial charge on any atom is 0.119 e. The third-order valence-corrected chi connectivity index (χ3v) is 8.66. The van der Waals surface area contributed by atoms with Crippen LogP contribution in [0.3, 0.4) is 0 Å². The van der Waals surface area contributed by atoms with Crippen LogP contribution in [0.2, 0.25) is 0 Å². The van der Waals surface area contributed by atoms with Gasteiger partial charge in [0.1, 0.15) is 11.5 Å². The molecular formula is C38H70O2. The number of hydrogen-bond donors (Lipinski definition) is 0. The summed E-state index contributed by atoms with van der Waals surface area (Å²) in [5, 5.41) is 0. The molecule has 0 aliphatic carbocycles. The lowest BCUT2D eigenvalue weighted by Gasteiger charge is -2.19. The van der Waals surface area contributed by atoms with Crippen molar-refractivity contribution in [3.63, 3.8) is 0 Å². The molecule has 0 aliphatic heterocycles. The second-order valence-electron chi connectivity index (χ2n) is 12.6. The number of unbranched alkanes of at least 4 members (excludes halogenated alkanes) is 16. The molecular weight excluding hydrogens is 488 g/mol. The van der Waals surface area contributed by atoms with Crippen molar-refractivity contribution in [2.75, 3.05) is 13.2 Å². The monoisotopic (exact) mass is 559 g/mol. The third-order valence-electron chi connectivity index (χ3n) is 8.66. The zero-order valence-corrected chi connectivity index (χ0v) is 27.7. The van der Waals surface area contributed by atoms with Gasteiger partial charge in [-0.25, -0.2) is 0 Å². The standard InChI is InChI=1S/C38H70O2/c1-5-9-13-17-19-23-27-35(25-21-15-11-7-3)33-39-37-29-31-38(32-30-37)40-34-36(26-22-16-12-8-4)28-24-20-18-14-10-6-2/h29-32,35-36H,5-28,33-34H2,1-4H3. The molecule has 0 aliphatic rings. The second kappa shape index (κ2) is 28.0. The largest absolute Gasteiger partial charge is 0.493 e. The van der Waals surface area contributed by atoms with Gasteiger partial charge in [-0.15, -0.1) is 0 Å². The van der Waals surface area contributed by atoms with Crippen molar-refractivity contribution >= 4 is 0 Å². The van der Waals surface area contributed by atoms with E-state index in [0.717, 1.165) is 24.7 Å². The van der Waals surface area contributed by atoms with E-state index >= 15 is 0 Å². The molecule has 0 saturated heterocycles. The van der Waals surface area contributed by atoms with Crippen LogP contribution in [-0.4, -0.2) is 13.2 Å². The van der Waals surface area contributed by atoms with Gasteiger partial charge in [0.2, 0.25) is 0 Å². The lowest BCUT2D eigenvalue weighted by Crippen LogP contribution is -2.13. The SMILES string of the molecule is CCCCCCCCC(CCCCCC)COc1ccc(OCC(CCCCCC)CCCCCCCC)cc1. The summed E-state index contributed by atoms with van der Waals surface area (Å²) in [6.45, 7) is 10.9. The summed E-state index contributed by atoms with van der Waals surface area (Å²) in [5.41, 5.74) is 0. The molecule has 0 amide bonds. The Kier molecular flexibility index (Phi) is 25.8. The predicted octanol–water partition coefficient (Wildman–Crippen LogP) is 13.1. The fraction of sp³-hybridized carbons (Fsp3) is 0.842. The molecule has 0 heterocycles. The Balaban J connectivity index is 2.47. The average molecular weight is 559 g/mol. The van der Waals surface area contributed by atoms with Crippen LogP contribution in [-0.2, 0) is 0 Å². The molecule has 0 bridgehead atoms. The zero-order chi connectivity index (χ0) is 28.9. The zero-order valence-electron chi connectivity index (χ0n) is 27.7. The van der Waals surface area contributed by atoms with E-state index in [2.05, 4.69) is 52.0 Å². The summed E-state index contributed by atoms with van der Waals surface area (Å²) in [6, 6.07) is 8.49. The average Bonchev–Trinajstić information content (AvgIpc) is 2.98. The van der Waals surface area contributed by atoms with E-state index in [-0.39, 0.29) is 0 Å². The topological polar surface area (TPSA) is 18.5 Å². The van der Waals surface area contributed by atoms with Crippen molar-refractivity contribution < 1.29 is 9.47 Å². The quantitative estimate of drug-likeness (QED) is 0.0874. The van der Waals surface area contributed by atoms with Crippen LogP contribution >= 0.6 is 0 Å². The van der Waals surface area contributed by atoms with Crippen LogP contribution in [0, 0.1) is 11.8 Å². The Morgan fingerprint density at radius 3 is 0.925 bits per heavy atom. The molecule has 0 radical (unpaired) electrons. The van der Waals surface area contributed by atoms with Gasteiger partial charge >= 0.3 is 0 Å². The number of rotatable bonds is 30. The van der Waals surface area contributed by atoms with Crippen molar-refractivity contribution in [1.29, 1.82) is 0 Å². The van der Waals surface area contributed by atoms with Gasteiger partial charge in [0, 0.05) is 0 Å². The first-order valence-electron chi connectivity index (χ1n) is 18.1. The van der Waals surface area contributed by atoms with Gasteiger partial charge < -0.3 is 9.47 Å². The minimum Gasteiger partial charge on any atom is -0.493 e. The van der Waals surface area contributed by atoms with Crippen molar-refractivity contribution in [3.05, 3.63) is 24.3 Å². The molecule has 2 unspecified atom stereocenters. The van der Waals surface area contributed by atoms with Gasteiger partial charge in [0.25, 0.3) is 0 Å². The van der Waals surface area contributed by atoms with E-state index in [1.54, 1.807) is 0 Å². The fourth-order valence-corrected chi connectivity index (χ4v) is 5.83. The summed E-state index contributed by atoms with van der Waals surface area (Å²) < 4.78 is 12.6. The van der Waals surface area contributed by atoms with Crippen LogP contribution < -0.4 is 9.47 Å². The van der Waals surface area contributed by atoms with Crippen LogP contribution in [0.5, 0.6) is 11.5 Å². The Hall–Kier alpha value is -1.18. The normalized spacial score (nSPS) is 12.9. The maximum absolute atomic E-state index is 6.32. The van der Waals surface area contributed by atoms with Crippen molar-refractivity contribution in [1.82, 2.24) is 0 Å². The summed E-state index contributed by atoms with van der Waals surface area (Å²) in [6.07, 6.45) is 32.6. The van der Waals surface area contributed by atoms with E-state index in [1.165, 1.54) is 154 Å². The summed E-state index contributed by atoms with van der Waals surface area (Å²) >= 11 is 0. The van der Waals surface area contributed by atoms with E-state index < -0.39 is 0 Å². The molecule has 0 spiro atoms. The highest BCUT2D eigenvalue weighted by atomic mass is 16.5. The highest BCUT2D eigenvalue weighted by Crippen LogP contribution is 2.25. The minimum absolute atomic E-state index is 0.689. The molecule has 40 heavy (non-hydrogen) atoms. The lowest BCUT2D eigenvalue weighted by molar-refractivity contribution is 0.219. The van der Waals surface area contributed by atoms with Crippen LogP contribution in [0.1, 0.15) is 182 Å². The maximum atomic E-state index is 6.32. The number of benzene rings is 1. The summed E-state index contributed by atoms with van der Waals surface area (Å²) in [4.78, 5) is 0. The van der Waals surface area contributed by atoms with Gasteiger partial charge in [0.05, 0.1) is 13.2 Å². The number of ether oxygens (including phenoxy) is 2. The molecule has 0 N–H and O–H groups in total. The predicted molar refractivity (Wildman–Crippen MR) is 178 cm³/mol. The van der Waals surface area contributed by atoms with Crippen LogP contribution in [0.15, 0.2) is 24.3 Å². The molecule has 0 saturated carbocycles. The molecule has 234 valence electrons. The summed E-state index contributed by atoms with van der Waals surface area (Å²) in [5.74, 6) is 3.37. The van der Waals surface area contributed by atoms with E-state index in [4.69, 9.17) is 9.47 Å². The van der Waals surface area contributed by atoms with E-state index in [1.807, 2.05) is 0 Å². The summed E-state index contributed by atoms with van der Waals surface area (Å²) in [7, 11) is 0. The Morgan fingerprint density at radius 1 is 0.375 bits per heavy atom. The Morgan fingerprint density at radius 2 is 0.625 bits per heavy atom. The third kappa shape index (κ3) is 21.6. The van der Waals surface area contributed by atoms with E-state index in [0.29, 0.717) is 11.8 Å². The lowest BCUT2D eigenvalue weighted by atomic mass is 9.95. The minimum atomic E-state index is 0.689. The highest BCUT2D eigenvalue weighted by Gasteiger charge is 2.12. The fourth-order valence-electron chi connectivity index (χ4n) is 5.83. The van der Waals surface area contributed by atoms with Crippen LogP contribution in [0.25, 0.3) is 0 Å². The Bertz CT molecular complexity index is 570. The smallest absolute Gasteiger partial charge is 0.119 e.